The Morgan fingerprint density at radius 2 is 2.12 bits per heavy atom. The SMILES string of the molecule is CC(Cc1ccc(O)cc1)N1CCC(N)C1. The van der Waals surface area contributed by atoms with Crippen molar-refractivity contribution in [3.05, 3.63) is 29.8 Å². The largest absolute Gasteiger partial charge is 0.508 e. The average Bonchev–Trinajstić information content (AvgIpc) is 2.68. The number of hydrogen-bond donors (Lipinski definition) is 2. The van der Waals surface area contributed by atoms with Crippen LogP contribution in [0.2, 0.25) is 0 Å². The van der Waals surface area contributed by atoms with Crippen LogP contribution in [0.4, 0.5) is 0 Å². The zero-order valence-electron chi connectivity index (χ0n) is 9.76. The van der Waals surface area contributed by atoms with Crippen LogP contribution in [-0.4, -0.2) is 35.2 Å². The number of phenols is 1. The number of aromatic hydroxyl groups is 1. The molecule has 0 saturated carbocycles. The fourth-order valence-corrected chi connectivity index (χ4v) is 2.32. The van der Waals surface area contributed by atoms with Gasteiger partial charge in [0.2, 0.25) is 0 Å². The van der Waals surface area contributed by atoms with Gasteiger partial charge in [-0.05, 0) is 37.5 Å². The van der Waals surface area contributed by atoms with Crippen molar-refractivity contribution in [2.75, 3.05) is 13.1 Å². The molecule has 0 bridgehead atoms. The highest BCUT2D eigenvalue weighted by atomic mass is 16.3. The van der Waals surface area contributed by atoms with Crippen LogP contribution in [0.15, 0.2) is 24.3 Å². The summed E-state index contributed by atoms with van der Waals surface area (Å²) in [6, 6.07) is 8.35. The first kappa shape index (κ1) is 11.4. The monoisotopic (exact) mass is 220 g/mol. The number of nitrogens with zero attached hydrogens (tertiary/aromatic N) is 1. The van der Waals surface area contributed by atoms with Crippen molar-refractivity contribution in [2.45, 2.75) is 31.8 Å². The Kier molecular flexibility index (Phi) is 3.46. The van der Waals surface area contributed by atoms with Crippen LogP contribution >= 0.6 is 0 Å². The molecule has 1 fully saturated rings. The quantitative estimate of drug-likeness (QED) is 0.808. The summed E-state index contributed by atoms with van der Waals surface area (Å²) in [5, 5.41) is 9.21. The lowest BCUT2D eigenvalue weighted by Crippen LogP contribution is -2.34. The van der Waals surface area contributed by atoms with Gasteiger partial charge in [0.1, 0.15) is 5.75 Å². The van der Waals surface area contributed by atoms with E-state index >= 15 is 0 Å². The first-order valence-electron chi connectivity index (χ1n) is 5.92. The molecular formula is C13H20N2O. The van der Waals surface area contributed by atoms with E-state index < -0.39 is 0 Å². The minimum absolute atomic E-state index is 0.333. The number of nitrogens with two attached hydrogens (primary N) is 1. The van der Waals surface area contributed by atoms with Gasteiger partial charge in [0.05, 0.1) is 0 Å². The van der Waals surface area contributed by atoms with Crippen LogP contribution < -0.4 is 5.73 Å². The molecule has 0 aromatic heterocycles. The Bertz CT molecular complexity index is 336. The highest BCUT2D eigenvalue weighted by molar-refractivity contribution is 5.26. The third-order valence-corrected chi connectivity index (χ3v) is 3.35. The molecule has 1 heterocycles. The van der Waals surface area contributed by atoms with Crippen molar-refractivity contribution in [1.29, 1.82) is 0 Å². The Balaban J connectivity index is 1.91. The minimum atomic E-state index is 0.333. The molecular weight excluding hydrogens is 200 g/mol. The summed E-state index contributed by atoms with van der Waals surface area (Å²) < 4.78 is 0. The summed E-state index contributed by atoms with van der Waals surface area (Å²) in [5.74, 6) is 0.333. The van der Waals surface area contributed by atoms with Crippen molar-refractivity contribution >= 4 is 0 Å². The molecule has 1 aliphatic rings. The molecule has 3 heteroatoms. The molecule has 0 spiro atoms. The highest BCUT2D eigenvalue weighted by Crippen LogP contribution is 2.16. The Hall–Kier alpha value is -1.06. The summed E-state index contributed by atoms with van der Waals surface area (Å²) in [6.45, 7) is 4.37. The lowest BCUT2D eigenvalue weighted by Gasteiger charge is -2.24. The van der Waals surface area contributed by atoms with Crippen LogP contribution in [-0.2, 0) is 6.42 Å². The van der Waals surface area contributed by atoms with E-state index in [1.165, 1.54) is 5.56 Å². The van der Waals surface area contributed by atoms with E-state index in [-0.39, 0.29) is 0 Å². The molecule has 88 valence electrons. The van der Waals surface area contributed by atoms with Crippen LogP contribution in [0.1, 0.15) is 18.9 Å². The van der Waals surface area contributed by atoms with Gasteiger partial charge in [0.15, 0.2) is 0 Å². The molecule has 3 nitrogen and oxygen atoms in total. The van der Waals surface area contributed by atoms with Gasteiger partial charge < -0.3 is 10.8 Å². The molecule has 1 saturated heterocycles. The van der Waals surface area contributed by atoms with E-state index in [9.17, 15) is 5.11 Å². The summed E-state index contributed by atoms with van der Waals surface area (Å²) >= 11 is 0. The fraction of sp³-hybridized carbons (Fsp3) is 0.538. The molecule has 0 aliphatic carbocycles. The van der Waals surface area contributed by atoms with Gasteiger partial charge in [0.25, 0.3) is 0 Å². The molecule has 3 N–H and O–H groups in total. The average molecular weight is 220 g/mol. The van der Waals surface area contributed by atoms with Gasteiger partial charge in [-0.3, -0.25) is 4.90 Å². The third-order valence-electron chi connectivity index (χ3n) is 3.35. The van der Waals surface area contributed by atoms with Gasteiger partial charge in [-0.1, -0.05) is 12.1 Å². The van der Waals surface area contributed by atoms with E-state index in [4.69, 9.17) is 5.73 Å². The molecule has 2 rings (SSSR count). The van der Waals surface area contributed by atoms with E-state index in [2.05, 4.69) is 11.8 Å². The summed E-state index contributed by atoms with van der Waals surface area (Å²) in [6.07, 6.45) is 2.13. The standard InChI is InChI=1S/C13H20N2O/c1-10(15-7-6-12(14)9-15)8-11-2-4-13(16)5-3-11/h2-5,10,12,16H,6-9,14H2,1H3. The summed E-state index contributed by atoms with van der Waals surface area (Å²) in [7, 11) is 0. The first-order chi connectivity index (χ1) is 7.65. The number of phenolic OH excluding ortho intramolecular Hbond substituents is 1. The lowest BCUT2D eigenvalue weighted by molar-refractivity contribution is 0.254. The Morgan fingerprint density at radius 3 is 2.69 bits per heavy atom. The van der Waals surface area contributed by atoms with Crippen molar-refractivity contribution in [3.63, 3.8) is 0 Å². The molecule has 2 atom stereocenters. The van der Waals surface area contributed by atoms with E-state index in [0.29, 0.717) is 17.8 Å². The van der Waals surface area contributed by atoms with Crippen LogP contribution in [0, 0.1) is 0 Å². The Morgan fingerprint density at radius 1 is 1.44 bits per heavy atom. The van der Waals surface area contributed by atoms with Crippen LogP contribution in [0.5, 0.6) is 5.75 Å². The van der Waals surface area contributed by atoms with Gasteiger partial charge >= 0.3 is 0 Å². The van der Waals surface area contributed by atoms with E-state index in [1.54, 1.807) is 12.1 Å². The maximum atomic E-state index is 9.21. The molecule has 0 radical (unpaired) electrons. The molecule has 0 amide bonds. The summed E-state index contributed by atoms with van der Waals surface area (Å²) in [5.41, 5.74) is 7.17. The van der Waals surface area contributed by atoms with E-state index in [1.807, 2.05) is 12.1 Å². The van der Waals surface area contributed by atoms with Gasteiger partial charge in [0, 0.05) is 25.2 Å². The predicted molar refractivity (Wildman–Crippen MR) is 65.4 cm³/mol. The molecule has 1 aromatic rings. The zero-order valence-corrected chi connectivity index (χ0v) is 9.76. The van der Waals surface area contributed by atoms with E-state index in [0.717, 1.165) is 25.9 Å². The number of benzene rings is 1. The van der Waals surface area contributed by atoms with Gasteiger partial charge in [-0.25, -0.2) is 0 Å². The zero-order chi connectivity index (χ0) is 11.5. The van der Waals surface area contributed by atoms with Gasteiger partial charge in [-0.15, -0.1) is 0 Å². The molecule has 1 aromatic carbocycles. The number of likely N-dealkylation sites (tertiary alicyclic amines) is 1. The van der Waals surface area contributed by atoms with Crippen molar-refractivity contribution in [3.8, 4) is 5.75 Å². The third kappa shape index (κ3) is 2.74. The normalized spacial score (nSPS) is 23.5. The minimum Gasteiger partial charge on any atom is -0.508 e. The fourth-order valence-electron chi connectivity index (χ4n) is 2.32. The second-order valence-electron chi connectivity index (χ2n) is 4.76. The predicted octanol–water partition coefficient (Wildman–Crippen LogP) is 1.36. The first-order valence-corrected chi connectivity index (χ1v) is 5.92. The van der Waals surface area contributed by atoms with Crippen LogP contribution in [0.25, 0.3) is 0 Å². The Labute approximate surface area is 96.9 Å². The van der Waals surface area contributed by atoms with Crippen molar-refractivity contribution < 1.29 is 5.11 Å². The summed E-state index contributed by atoms with van der Waals surface area (Å²) in [4.78, 5) is 2.44. The molecule has 2 unspecified atom stereocenters. The second-order valence-corrected chi connectivity index (χ2v) is 4.76. The molecule has 16 heavy (non-hydrogen) atoms. The second kappa shape index (κ2) is 4.85. The smallest absolute Gasteiger partial charge is 0.115 e. The van der Waals surface area contributed by atoms with Crippen molar-refractivity contribution in [1.82, 2.24) is 4.90 Å². The number of hydrogen-bond acceptors (Lipinski definition) is 3. The number of rotatable bonds is 3. The lowest BCUT2D eigenvalue weighted by atomic mass is 10.1. The molecule has 1 aliphatic heterocycles. The van der Waals surface area contributed by atoms with Gasteiger partial charge in [-0.2, -0.15) is 0 Å². The maximum absolute atomic E-state index is 9.21. The van der Waals surface area contributed by atoms with Crippen molar-refractivity contribution in [2.24, 2.45) is 5.73 Å². The topological polar surface area (TPSA) is 49.5 Å². The maximum Gasteiger partial charge on any atom is 0.115 e. The highest BCUT2D eigenvalue weighted by Gasteiger charge is 2.23. The van der Waals surface area contributed by atoms with Crippen LogP contribution in [0.3, 0.4) is 0 Å².